The molecule has 1 aliphatic heterocycles. The summed E-state index contributed by atoms with van der Waals surface area (Å²) in [5.41, 5.74) is 1.51. The van der Waals surface area contributed by atoms with Gasteiger partial charge in [0.1, 0.15) is 17.5 Å². The highest BCUT2D eigenvalue weighted by atomic mass is 16.2. The minimum Gasteiger partial charge on any atom is -0.353 e. The fourth-order valence-corrected chi connectivity index (χ4v) is 3.86. The molecular formula is C22H26N6O2. The van der Waals surface area contributed by atoms with Crippen molar-refractivity contribution in [1.82, 2.24) is 24.8 Å². The van der Waals surface area contributed by atoms with E-state index < -0.39 is 0 Å². The van der Waals surface area contributed by atoms with Gasteiger partial charge in [0.05, 0.1) is 10.9 Å². The number of piperazine rings is 1. The standard InChI is InChI=1S/C22H26N6O2/c1-15-14-20(24-16(2)23-15)27-10-12-28(13-11-27)21(29)9-5-8-19-25-18-7-4-3-6-17(18)22(30)26-19/h3-4,6-7,14H,5,8-13H2,1-2H3,(H,25,26,30). The summed E-state index contributed by atoms with van der Waals surface area (Å²) < 4.78 is 0. The van der Waals surface area contributed by atoms with Gasteiger partial charge in [0.2, 0.25) is 5.91 Å². The smallest absolute Gasteiger partial charge is 0.258 e. The lowest BCUT2D eigenvalue weighted by atomic mass is 10.2. The molecule has 0 saturated carbocycles. The van der Waals surface area contributed by atoms with Crippen LogP contribution in [-0.4, -0.2) is 56.9 Å². The molecule has 1 fully saturated rings. The van der Waals surface area contributed by atoms with Crippen LogP contribution in [0.5, 0.6) is 0 Å². The number of aromatic nitrogens is 4. The van der Waals surface area contributed by atoms with Crippen LogP contribution in [0.1, 0.15) is 30.2 Å². The zero-order valence-electron chi connectivity index (χ0n) is 17.4. The van der Waals surface area contributed by atoms with Gasteiger partial charge in [0.25, 0.3) is 5.56 Å². The topological polar surface area (TPSA) is 95.1 Å². The number of nitrogens with one attached hydrogen (secondary N) is 1. The number of carbonyl (C=O) groups excluding carboxylic acids is 1. The molecule has 1 saturated heterocycles. The van der Waals surface area contributed by atoms with Crippen LogP contribution in [0.2, 0.25) is 0 Å². The zero-order valence-corrected chi connectivity index (χ0v) is 17.4. The fraction of sp³-hybridized carbons (Fsp3) is 0.409. The van der Waals surface area contributed by atoms with Crippen LogP contribution in [-0.2, 0) is 11.2 Å². The first-order chi connectivity index (χ1) is 14.5. The number of H-pyrrole nitrogens is 1. The van der Waals surface area contributed by atoms with E-state index in [0.29, 0.717) is 49.1 Å². The van der Waals surface area contributed by atoms with Gasteiger partial charge >= 0.3 is 0 Å². The number of hydrogen-bond donors (Lipinski definition) is 1. The Morgan fingerprint density at radius 3 is 2.60 bits per heavy atom. The van der Waals surface area contributed by atoms with E-state index in [4.69, 9.17) is 0 Å². The van der Waals surface area contributed by atoms with Gasteiger partial charge < -0.3 is 14.8 Å². The summed E-state index contributed by atoms with van der Waals surface area (Å²) in [4.78, 5) is 45.0. The number of anilines is 1. The largest absolute Gasteiger partial charge is 0.353 e. The van der Waals surface area contributed by atoms with E-state index in [1.165, 1.54) is 0 Å². The first kappa shape index (κ1) is 20.0. The molecule has 0 atom stereocenters. The number of rotatable bonds is 5. The number of nitrogens with zero attached hydrogens (tertiary/aromatic N) is 5. The van der Waals surface area contributed by atoms with Crippen LogP contribution >= 0.6 is 0 Å². The Morgan fingerprint density at radius 2 is 1.83 bits per heavy atom. The number of benzene rings is 1. The van der Waals surface area contributed by atoms with Gasteiger partial charge in [-0.1, -0.05) is 12.1 Å². The Hall–Kier alpha value is -3.29. The molecule has 30 heavy (non-hydrogen) atoms. The van der Waals surface area contributed by atoms with E-state index in [2.05, 4.69) is 24.8 Å². The lowest BCUT2D eigenvalue weighted by Crippen LogP contribution is -2.49. The molecule has 1 N–H and O–H groups in total. The van der Waals surface area contributed by atoms with Gasteiger partial charge in [0.15, 0.2) is 0 Å². The van der Waals surface area contributed by atoms with E-state index >= 15 is 0 Å². The summed E-state index contributed by atoms with van der Waals surface area (Å²) in [5.74, 6) is 2.47. The van der Waals surface area contributed by atoms with Gasteiger partial charge in [-0.3, -0.25) is 9.59 Å². The van der Waals surface area contributed by atoms with Crippen molar-refractivity contribution in [3.63, 3.8) is 0 Å². The fourth-order valence-electron chi connectivity index (χ4n) is 3.86. The average Bonchev–Trinajstić information content (AvgIpc) is 2.73. The minimum absolute atomic E-state index is 0.131. The first-order valence-corrected chi connectivity index (χ1v) is 10.3. The highest BCUT2D eigenvalue weighted by molar-refractivity contribution is 5.77. The Labute approximate surface area is 175 Å². The number of aromatic amines is 1. The Kier molecular flexibility index (Phi) is 5.74. The van der Waals surface area contributed by atoms with Crippen LogP contribution < -0.4 is 10.5 Å². The van der Waals surface area contributed by atoms with Gasteiger partial charge in [0, 0.05) is 50.8 Å². The van der Waals surface area contributed by atoms with E-state index in [9.17, 15) is 9.59 Å². The number of hydrogen-bond acceptors (Lipinski definition) is 6. The number of carbonyl (C=O) groups is 1. The van der Waals surface area contributed by atoms with E-state index in [1.54, 1.807) is 6.07 Å². The predicted molar refractivity (Wildman–Crippen MR) is 116 cm³/mol. The molecule has 1 aliphatic rings. The highest BCUT2D eigenvalue weighted by Gasteiger charge is 2.22. The summed E-state index contributed by atoms with van der Waals surface area (Å²) >= 11 is 0. The minimum atomic E-state index is -0.131. The molecule has 156 valence electrons. The molecule has 0 bridgehead atoms. The van der Waals surface area contributed by atoms with E-state index in [0.717, 1.165) is 30.4 Å². The van der Waals surface area contributed by atoms with Crippen LogP contribution in [0.15, 0.2) is 35.1 Å². The van der Waals surface area contributed by atoms with Crippen molar-refractivity contribution in [3.05, 3.63) is 58.0 Å². The van der Waals surface area contributed by atoms with Crippen LogP contribution in [0.3, 0.4) is 0 Å². The van der Waals surface area contributed by atoms with E-state index in [1.807, 2.05) is 43.0 Å². The van der Waals surface area contributed by atoms with Crippen molar-refractivity contribution in [2.24, 2.45) is 0 Å². The Bertz CT molecular complexity index is 1100. The highest BCUT2D eigenvalue weighted by Crippen LogP contribution is 2.16. The second-order valence-electron chi connectivity index (χ2n) is 7.67. The summed E-state index contributed by atoms with van der Waals surface area (Å²) in [6.07, 6.45) is 1.68. The first-order valence-electron chi connectivity index (χ1n) is 10.3. The summed E-state index contributed by atoms with van der Waals surface area (Å²) in [5, 5.41) is 0.587. The molecule has 1 aromatic carbocycles. The van der Waals surface area contributed by atoms with Crippen molar-refractivity contribution in [1.29, 1.82) is 0 Å². The second-order valence-corrected chi connectivity index (χ2v) is 7.67. The van der Waals surface area contributed by atoms with Crippen molar-refractivity contribution >= 4 is 22.6 Å². The average molecular weight is 406 g/mol. The molecule has 1 amide bonds. The maximum atomic E-state index is 12.6. The monoisotopic (exact) mass is 406 g/mol. The molecule has 0 aliphatic carbocycles. The number of aryl methyl sites for hydroxylation is 3. The Balaban J connectivity index is 1.29. The predicted octanol–water partition coefficient (Wildman–Crippen LogP) is 2.00. The molecule has 4 rings (SSSR count). The third kappa shape index (κ3) is 4.48. The zero-order chi connectivity index (χ0) is 21.1. The number of amides is 1. The molecule has 3 aromatic rings. The molecule has 0 radical (unpaired) electrons. The van der Waals surface area contributed by atoms with E-state index in [-0.39, 0.29) is 11.5 Å². The van der Waals surface area contributed by atoms with Gasteiger partial charge in [-0.05, 0) is 32.4 Å². The third-order valence-corrected chi connectivity index (χ3v) is 5.37. The van der Waals surface area contributed by atoms with Crippen molar-refractivity contribution in [3.8, 4) is 0 Å². The van der Waals surface area contributed by atoms with Crippen LogP contribution in [0.25, 0.3) is 10.9 Å². The number of fused-ring (bicyclic) bond motifs is 1. The van der Waals surface area contributed by atoms with Gasteiger partial charge in [-0.15, -0.1) is 0 Å². The molecule has 2 aromatic heterocycles. The van der Waals surface area contributed by atoms with Gasteiger partial charge in [-0.2, -0.15) is 0 Å². The van der Waals surface area contributed by atoms with Gasteiger partial charge in [-0.25, -0.2) is 15.0 Å². The molecule has 8 heteroatoms. The summed E-state index contributed by atoms with van der Waals surface area (Å²) in [7, 11) is 0. The maximum Gasteiger partial charge on any atom is 0.258 e. The van der Waals surface area contributed by atoms with Crippen LogP contribution in [0.4, 0.5) is 5.82 Å². The molecule has 0 spiro atoms. The molecule has 0 unspecified atom stereocenters. The molecule has 3 heterocycles. The van der Waals surface area contributed by atoms with Crippen molar-refractivity contribution < 1.29 is 4.79 Å². The summed E-state index contributed by atoms with van der Waals surface area (Å²) in [6.45, 7) is 6.77. The second kappa shape index (κ2) is 8.61. The quantitative estimate of drug-likeness (QED) is 0.696. The maximum absolute atomic E-state index is 12.6. The Morgan fingerprint density at radius 1 is 1.07 bits per heavy atom. The number of para-hydroxylation sites is 1. The lowest BCUT2D eigenvalue weighted by molar-refractivity contribution is -0.131. The molecule has 8 nitrogen and oxygen atoms in total. The van der Waals surface area contributed by atoms with Crippen molar-refractivity contribution in [2.75, 3.05) is 31.1 Å². The SMILES string of the molecule is Cc1cc(N2CCN(C(=O)CCCc3nc4ccccc4c(=O)[nH]3)CC2)nc(C)n1. The normalized spacial score (nSPS) is 14.3. The van der Waals surface area contributed by atoms with Crippen LogP contribution in [0, 0.1) is 13.8 Å². The summed E-state index contributed by atoms with van der Waals surface area (Å²) in [6, 6.07) is 9.27. The molecular weight excluding hydrogens is 380 g/mol. The third-order valence-electron chi connectivity index (χ3n) is 5.37. The lowest BCUT2D eigenvalue weighted by Gasteiger charge is -2.35. The van der Waals surface area contributed by atoms with Crippen molar-refractivity contribution in [2.45, 2.75) is 33.1 Å².